The van der Waals surface area contributed by atoms with Crippen LogP contribution in [0.2, 0.25) is 0 Å². The lowest BCUT2D eigenvalue weighted by Gasteiger charge is -2.50. The molecule has 0 spiro atoms. The van der Waals surface area contributed by atoms with Gasteiger partial charge >= 0.3 is 5.97 Å². The maximum Gasteiger partial charge on any atom is 0.311 e. The fourth-order valence-corrected chi connectivity index (χ4v) is 9.02. The van der Waals surface area contributed by atoms with Crippen molar-refractivity contribution in [1.29, 1.82) is 0 Å². The summed E-state index contributed by atoms with van der Waals surface area (Å²) in [5.74, 6) is -2.05. The first-order valence-corrected chi connectivity index (χ1v) is 19.8. The monoisotopic (exact) mass is 770 g/mol. The Bertz CT molecular complexity index is 1300. The Labute approximate surface area is 322 Å². The van der Waals surface area contributed by atoms with E-state index in [0.29, 0.717) is 25.2 Å². The molecule has 3 N–H and O–H groups in total. The number of esters is 1. The number of fused-ring (bicyclic) bond motifs is 2. The van der Waals surface area contributed by atoms with Crippen LogP contribution in [0.15, 0.2) is 17.6 Å². The first kappa shape index (κ1) is 45.0. The molecule has 14 nitrogen and oxygen atoms in total. The maximum atomic E-state index is 14.4. The van der Waals surface area contributed by atoms with E-state index in [4.69, 9.17) is 42.9 Å². The Kier molecular flexibility index (Phi) is 14.9. The van der Waals surface area contributed by atoms with Crippen LogP contribution in [0, 0.1) is 17.8 Å². The van der Waals surface area contributed by atoms with Gasteiger partial charge in [0.2, 0.25) is 0 Å². The van der Waals surface area contributed by atoms with Crippen LogP contribution in [-0.2, 0) is 42.7 Å². The van der Waals surface area contributed by atoms with E-state index < -0.39 is 96.0 Å². The number of aliphatic hydroxyl groups excluding tert-OH is 2. The third-order valence-electron chi connectivity index (χ3n) is 12.3. The molecule has 0 radical (unpaired) electrons. The first-order chi connectivity index (χ1) is 25.1. The minimum atomic E-state index is -1.58. The smallest absolute Gasteiger partial charge is 0.311 e. The van der Waals surface area contributed by atoms with E-state index in [9.17, 15) is 20.1 Å². The van der Waals surface area contributed by atoms with Crippen LogP contribution in [-0.4, -0.2) is 150 Å². The number of rotatable bonds is 10. The summed E-state index contributed by atoms with van der Waals surface area (Å²) < 4.78 is 51.5. The Balaban J connectivity index is 1.89. The maximum absolute atomic E-state index is 14.4. The summed E-state index contributed by atoms with van der Waals surface area (Å²) in [6, 6.07) is -0.678. The van der Waals surface area contributed by atoms with Gasteiger partial charge in [-0.25, -0.2) is 4.99 Å². The standard InChI is InChI=1S/C40H70N2O12/c1-15-17-48-39(10)19-21(3)35-41-25(7)34(53-35)40(11,46)28(16-2)51-36(45)24(6)31(52-29-20-38(9,47-14)32(44)26(8)50-29)23(5)33(39)54-37-30(43)27(42(12)13)18-22(4)49-37/h15,21-34,37,43-44,46H,1,16-20H2,2-14H3/t21-,22-,23+,24-,25+,26+,27+,28+,29?,30-,31+,32+,33-,34+,37+,38-,39+,40-/m1/s1. The summed E-state index contributed by atoms with van der Waals surface area (Å²) in [6.07, 6.45) is -5.20. The highest BCUT2D eigenvalue weighted by Gasteiger charge is 2.55. The molecule has 4 aliphatic rings. The van der Waals surface area contributed by atoms with E-state index in [1.165, 1.54) is 7.11 Å². The lowest BCUT2D eigenvalue weighted by molar-refractivity contribution is -0.320. The molecule has 4 heterocycles. The van der Waals surface area contributed by atoms with Crippen LogP contribution in [0.4, 0.5) is 0 Å². The fourth-order valence-electron chi connectivity index (χ4n) is 9.02. The number of carbonyl (C=O) groups excluding carboxylic acids is 1. The second kappa shape index (κ2) is 17.8. The summed E-state index contributed by atoms with van der Waals surface area (Å²) >= 11 is 0. The topological polar surface area (TPSA) is 167 Å². The number of hydrogen-bond acceptors (Lipinski definition) is 14. The van der Waals surface area contributed by atoms with Gasteiger partial charge in [-0.15, -0.1) is 6.58 Å². The minimum absolute atomic E-state index is 0.163. The van der Waals surface area contributed by atoms with Gasteiger partial charge in [0.05, 0.1) is 54.2 Å². The predicted molar refractivity (Wildman–Crippen MR) is 202 cm³/mol. The number of likely N-dealkylation sites (N-methyl/N-ethyl adjacent to an activating group) is 1. The number of aliphatic hydroxyl groups is 3. The highest BCUT2D eigenvalue weighted by atomic mass is 16.7. The molecule has 0 amide bonds. The number of methoxy groups -OCH3 is 1. The number of hydrogen-bond donors (Lipinski definition) is 3. The average molecular weight is 771 g/mol. The van der Waals surface area contributed by atoms with E-state index in [1.807, 2.05) is 60.5 Å². The molecule has 4 rings (SSSR count). The van der Waals surface area contributed by atoms with E-state index in [0.717, 1.165) is 0 Å². The predicted octanol–water partition coefficient (Wildman–Crippen LogP) is 3.62. The van der Waals surface area contributed by atoms with Crippen LogP contribution in [0.3, 0.4) is 0 Å². The third-order valence-corrected chi connectivity index (χ3v) is 12.3. The number of ether oxygens (including phenoxy) is 8. The summed E-state index contributed by atoms with van der Waals surface area (Å²) in [5, 5.41) is 34.7. The average Bonchev–Trinajstić information content (AvgIpc) is 3.52. The largest absolute Gasteiger partial charge is 0.472 e. The lowest BCUT2D eigenvalue weighted by atomic mass is 9.77. The van der Waals surface area contributed by atoms with Gasteiger partial charge in [0, 0.05) is 31.4 Å². The number of carbonyl (C=O) groups is 1. The van der Waals surface area contributed by atoms with E-state index >= 15 is 0 Å². The second-order valence-electron chi connectivity index (χ2n) is 17.1. The normalized spacial score (nSPS) is 48.1. The van der Waals surface area contributed by atoms with Crippen LogP contribution in [0.1, 0.15) is 94.9 Å². The molecule has 0 saturated carbocycles. The molecule has 14 heteroatoms. The van der Waals surface area contributed by atoms with Crippen LogP contribution >= 0.6 is 0 Å². The number of cyclic esters (lactones) is 1. The van der Waals surface area contributed by atoms with Gasteiger partial charge in [-0.05, 0) is 81.8 Å². The highest BCUT2D eigenvalue weighted by molar-refractivity contribution is 5.80. The van der Waals surface area contributed by atoms with Gasteiger partial charge in [-0.2, -0.15) is 0 Å². The fraction of sp³-hybridized carbons (Fsp3) is 0.900. The quantitative estimate of drug-likeness (QED) is 0.218. The Hall–Kier alpha value is -1.72. The van der Waals surface area contributed by atoms with Gasteiger partial charge < -0.3 is 58.1 Å². The summed E-state index contributed by atoms with van der Waals surface area (Å²) in [4.78, 5) is 21.2. The van der Waals surface area contributed by atoms with Gasteiger partial charge in [0.1, 0.15) is 23.9 Å². The molecule has 0 aliphatic carbocycles. The molecule has 312 valence electrons. The molecule has 4 aliphatic heterocycles. The minimum Gasteiger partial charge on any atom is -0.472 e. The van der Waals surface area contributed by atoms with Gasteiger partial charge in [0.25, 0.3) is 0 Å². The molecular weight excluding hydrogens is 700 g/mol. The molecule has 2 bridgehead atoms. The van der Waals surface area contributed by atoms with E-state index in [2.05, 4.69) is 6.58 Å². The molecule has 3 saturated heterocycles. The zero-order valence-corrected chi connectivity index (χ0v) is 34.9. The Morgan fingerprint density at radius 3 is 2.26 bits per heavy atom. The van der Waals surface area contributed by atoms with E-state index in [1.54, 1.807) is 33.8 Å². The Morgan fingerprint density at radius 1 is 1.00 bits per heavy atom. The van der Waals surface area contributed by atoms with Crippen molar-refractivity contribution in [1.82, 2.24) is 4.90 Å². The van der Waals surface area contributed by atoms with E-state index in [-0.39, 0.29) is 31.1 Å². The molecule has 18 atom stereocenters. The number of aliphatic imine (C=N–C) groups is 1. The van der Waals surface area contributed by atoms with Gasteiger partial charge in [0.15, 0.2) is 24.6 Å². The van der Waals surface area contributed by atoms with Gasteiger partial charge in [-0.1, -0.05) is 26.8 Å². The SMILES string of the molecule is C=CCO[C@@]1(C)C[C@@H](C)C2=N[C@@H](C)[C@H](O2)[C@](C)(O)[C@H](CC)OC(=O)[C@H](C)[C@@H](OC2C[C@@](C)(OC)[C@@H](O)[C@H](C)O2)[C@H](C)[C@H]1O[C@@H]1O[C@H](C)C[C@H](N(C)C)[C@H]1O. The molecule has 0 aromatic rings. The van der Waals surface area contributed by atoms with Crippen LogP contribution in [0.5, 0.6) is 0 Å². The molecule has 0 aromatic carbocycles. The summed E-state index contributed by atoms with van der Waals surface area (Å²) in [7, 11) is 5.36. The third kappa shape index (κ3) is 9.35. The second-order valence-corrected chi connectivity index (χ2v) is 17.1. The van der Waals surface area contributed by atoms with Crippen molar-refractivity contribution in [3.05, 3.63) is 12.7 Å². The number of nitrogens with zero attached hydrogens (tertiary/aromatic N) is 2. The van der Waals surface area contributed by atoms with Gasteiger partial charge in [-0.3, -0.25) is 4.79 Å². The summed E-state index contributed by atoms with van der Waals surface area (Å²) in [6.45, 7) is 22.5. The van der Waals surface area contributed by atoms with Crippen molar-refractivity contribution in [3.63, 3.8) is 0 Å². The van der Waals surface area contributed by atoms with Crippen molar-refractivity contribution in [2.75, 3.05) is 27.8 Å². The van der Waals surface area contributed by atoms with Crippen molar-refractivity contribution in [3.8, 4) is 0 Å². The van der Waals surface area contributed by atoms with Crippen molar-refractivity contribution < 1.29 is 58.0 Å². The Morgan fingerprint density at radius 2 is 1.67 bits per heavy atom. The summed E-state index contributed by atoms with van der Waals surface area (Å²) in [5.41, 5.74) is -3.72. The highest BCUT2D eigenvalue weighted by Crippen LogP contribution is 2.42. The molecule has 3 fully saturated rings. The lowest BCUT2D eigenvalue weighted by Crippen LogP contribution is -2.61. The van der Waals surface area contributed by atoms with Crippen molar-refractivity contribution in [2.24, 2.45) is 22.7 Å². The first-order valence-electron chi connectivity index (χ1n) is 19.8. The zero-order chi connectivity index (χ0) is 40.5. The van der Waals surface area contributed by atoms with Crippen molar-refractivity contribution >= 4 is 11.9 Å². The van der Waals surface area contributed by atoms with Crippen LogP contribution < -0.4 is 0 Å². The molecule has 0 aromatic heterocycles. The van der Waals surface area contributed by atoms with Crippen molar-refractivity contribution in [2.45, 2.75) is 185 Å². The molecular formula is C40H70N2O12. The molecule has 1 unspecified atom stereocenters. The van der Waals surface area contributed by atoms with Crippen LogP contribution in [0.25, 0.3) is 0 Å². The molecule has 54 heavy (non-hydrogen) atoms. The zero-order valence-electron chi connectivity index (χ0n) is 34.9.